The van der Waals surface area contributed by atoms with E-state index in [1.807, 2.05) is 30.9 Å². The van der Waals surface area contributed by atoms with E-state index in [-0.39, 0.29) is 17.7 Å². The second kappa shape index (κ2) is 8.75. The van der Waals surface area contributed by atoms with Gasteiger partial charge in [0.25, 0.3) is 5.91 Å². The Bertz CT molecular complexity index is 1130. The monoisotopic (exact) mass is 477 g/mol. The first-order valence-corrected chi connectivity index (χ1v) is 13.1. The quantitative estimate of drug-likeness (QED) is 0.716. The summed E-state index contributed by atoms with van der Waals surface area (Å²) in [5, 5.41) is 7.33. The van der Waals surface area contributed by atoms with E-state index in [4.69, 9.17) is 4.52 Å². The maximum atomic E-state index is 14.4. The Labute approximate surface area is 206 Å². The molecular formula is C27H35N5O3. The van der Waals surface area contributed by atoms with Gasteiger partial charge in [0, 0.05) is 55.6 Å². The standard InChI is InChI=1S/C27H35N5O3/c1-18-21(19(2)35-29-18)17-30-12-6-11-28-25(33)23-16-20-8-5-15-32(20)27(23)22-9-3-4-10-24(22)31(26(27)34)14-7-13-30/h3-4,9-10,20,23H,5-8,11-17H2,1-2H3,(H,28,33)/t20-,23-,27+/m0/s1. The van der Waals surface area contributed by atoms with Crippen molar-refractivity contribution >= 4 is 17.5 Å². The Morgan fingerprint density at radius 3 is 2.74 bits per heavy atom. The normalized spacial score (nSPS) is 29.7. The molecule has 8 nitrogen and oxygen atoms in total. The van der Waals surface area contributed by atoms with Gasteiger partial charge in [-0.05, 0) is 58.6 Å². The molecule has 2 bridgehead atoms. The zero-order valence-corrected chi connectivity index (χ0v) is 20.8. The summed E-state index contributed by atoms with van der Waals surface area (Å²) in [6.07, 6.45) is 4.66. The zero-order valence-electron chi connectivity index (χ0n) is 20.8. The molecule has 8 heteroatoms. The molecule has 2 aromatic rings. The molecular weight excluding hydrogens is 442 g/mol. The van der Waals surface area contributed by atoms with Gasteiger partial charge in [0.2, 0.25) is 5.91 Å². The van der Waals surface area contributed by atoms with Crippen molar-refractivity contribution in [2.45, 2.75) is 64.1 Å². The third-order valence-corrected chi connectivity index (χ3v) is 8.70. The fourth-order valence-corrected chi connectivity index (χ4v) is 7.09. The number of para-hydroxylation sites is 1. The maximum Gasteiger partial charge on any atom is 0.253 e. The summed E-state index contributed by atoms with van der Waals surface area (Å²) in [7, 11) is 0. The summed E-state index contributed by atoms with van der Waals surface area (Å²) in [6.45, 7) is 8.61. The van der Waals surface area contributed by atoms with Crippen molar-refractivity contribution in [1.29, 1.82) is 0 Å². The lowest BCUT2D eigenvalue weighted by molar-refractivity contribution is -0.138. The van der Waals surface area contributed by atoms with E-state index < -0.39 is 5.54 Å². The summed E-state index contributed by atoms with van der Waals surface area (Å²) in [6, 6.07) is 8.49. The van der Waals surface area contributed by atoms with Gasteiger partial charge in [-0.15, -0.1) is 0 Å². The number of carbonyl (C=O) groups is 2. The molecule has 3 saturated heterocycles. The number of rotatable bonds is 2. The predicted molar refractivity (Wildman–Crippen MR) is 132 cm³/mol. The van der Waals surface area contributed by atoms with Gasteiger partial charge in [-0.1, -0.05) is 23.4 Å². The van der Waals surface area contributed by atoms with E-state index in [0.717, 1.165) is 86.6 Å². The average Bonchev–Trinajstić information content (AvgIpc) is 3.58. The average molecular weight is 478 g/mol. The van der Waals surface area contributed by atoms with Crippen LogP contribution in [0, 0.1) is 19.8 Å². The predicted octanol–water partition coefficient (Wildman–Crippen LogP) is 2.73. The van der Waals surface area contributed by atoms with Crippen LogP contribution in [0.2, 0.25) is 0 Å². The first-order chi connectivity index (χ1) is 17.0. The highest BCUT2D eigenvalue weighted by Crippen LogP contribution is 2.57. The molecule has 6 rings (SSSR count). The van der Waals surface area contributed by atoms with Crippen LogP contribution in [0.25, 0.3) is 0 Å². The van der Waals surface area contributed by atoms with Gasteiger partial charge in [-0.2, -0.15) is 0 Å². The highest BCUT2D eigenvalue weighted by atomic mass is 16.5. The van der Waals surface area contributed by atoms with E-state index in [2.05, 4.69) is 32.4 Å². The van der Waals surface area contributed by atoms with Crippen molar-refractivity contribution < 1.29 is 14.1 Å². The molecule has 3 atom stereocenters. The fourth-order valence-electron chi connectivity index (χ4n) is 7.09. The van der Waals surface area contributed by atoms with Crippen LogP contribution >= 0.6 is 0 Å². The number of nitrogens with zero attached hydrogens (tertiary/aromatic N) is 4. The van der Waals surface area contributed by atoms with Gasteiger partial charge < -0.3 is 14.7 Å². The Kier molecular flexibility index (Phi) is 5.68. The van der Waals surface area contributed by atoms with Gasteiger partial charge in [0.1, 0.15) is 11.3 Å². The molecule has 1 N–H and O–H groups in total. The lowest BCUT2D eigenvalue weighted by Crippen LogP contribution is -2.56. The molecule has 1 aromatic heterocycles. The highest BCUT2D eigenvalue weighted by molar-refractivity contribution is 6.10. The molecule has 4 aliphatic heterocycles. The molecule has 1 aromatic carbocycles. The van der Waals surface area contributed by atoms with Gasteiger partial charge in [-0.25, -0.2) is 0 Å². The minimum Gasteiger partial charge on any atom is -0.361 e. The van der Waals surface area contributed by atoms with Crippen molar-refractivity contribution in [3.8, 4) is 0 Å². The first kappa shape index (κ1) is 22.7. The number of fused-ring (bicyclic) bond motifs is 4. The first-order valence-electron chi connectivity index (χ1n) is 13.1. The van der Waals surface area contributed by atoms with Crippen LogP contribution in [0.3, 0.4) is 0 Å². The van der Waals surface area contributed by atoms with E-state index in [0.29, 0.717) is 19.1 Å². The molecule has 3 fully saturated rings. The number of benzene rings is 1. The molecule has 186 valence electrons. The SMILES string of the molecule is Cc1noc(C)c1CN1CCCNC(=O)[C@@H]2C[C@@H]3CCCN3[C@@]23C(=O)N(CCC1)c1ccccc13. The Morgan fingerprint density at radius 2 is 1.91 bits per heavy atom. The number of aryl methyl sites for hydroxylation is 2. The number of nitrogens with one attached hydrogen (secondary N) is 1. The third kappa shape index (κ3) is 3.44. The van der Waals surface area contributed by atoms with Crippen molar-refractivity contribution in [2.24, 2.45) is 5.92 Å². The molecule has 1 spiro atoms. The van der Waals surface area contributed by atoms with E-state index in [9.17, 15) is 9.59 Å². The van der Waals surface area contributed by atoms with Gasteiger partial charge >= 0.3 is 0 Å². The molecule has 0 unspecified atom stereocenters. The molecule has 0 radical (unpaired) electrons. The number of anilines is 1. The van der Waals surface area contributed by atoms with Crippen LogP contribution in [-0.4, -0.2) is 65.5 Å². The maximum absolute atomic E-state index is 14.4. The van der Waals surface area contributed by atoms with Crippen LogP contribution in [0.1, 0.15) is 54.7 Å². The Morgan fingerprint density at radius 1 is 1.09 bits per heavy atom. The fraction of sp³-hybridized carbons (Fsp3) is 0.593. The highest BCUT2D eigenvalue weighted by Gasteiger charge is 2.66. The van der Waals surface area contributed by atoms with Crippen molar-refractivity contribution in [1.82, 2.24) is 20.3 Å². The lowest BCUT2D eigenvalue weighted by Gasteiger charge is -2.37. The smallest absolute Gasteiger partial charge is 0.253 e. The third-order valence-electron chi connectivity index (χ3n) is 8.70. The van der Waals surface area contributed by atoms with Crippen molar-refractivity contribution in [3.63, 3.8) is 0 Å². The van der Waals surface area contributed by atoms with Crippen LogP contribution in [0.4, 0.5) is 5.69 Å². The Balaban J connectivity index is 1.34. The molecule has 35 heavy (non-hydrogen) atoms. The number of hydrogen-bond acceptors (Lipinski definition) is 6. The molecule has 2 amide bonds. The van der Waals surface area contributed by atoms with E-state index in [1.165, 1.54) is 0 Å². The van der Waals surface area contributed by atoms with Crippen LogP contribution in [-0.2, 0) is 21.7 Å². The molecule has 5 heterocycles. The Hall–Kier alpha value is -2.71. The van der Waals surface area contributed by atoms with E-state index in [1.54, 1.807) is 0 Å². The van der Waals surface area contributed by atoms with E-state index >= 15 is 0 Å². The summed E-state index contributed by atoms with van der Waals surface area (Å²) in [4.78, 5) is 34.8. The number of hydrogen-bond donors (Lipinski definition) is 1. The second-order valence-corrected chi connectivity index (χ2v) is 10.6. The van der Waals surface area contributed by atoms with Gasteiger partial charge in [-0.3, -0.25) is 19.4 Å². The van der Waals surface area contributed by atoms with Gasteiger partial charge in [0.15, 0.2) is 0 Å². The van der Waals surface area contributed by atoms with Gasteiger partial charge in [0.05, 0.1) is 11.6 Å². The lowest BCUT2D eigenvalue weighted by atomic mass is 9.78. The molecule has 4 aliphatic rings. The number of amides is 2. The zero-order chi connectivity index (χ0) is 24.2. The minimum absolute atomic E-state index is 0.0286. The van der Waals surface area contributed by atoms with Crippen LogP contribution in [0.15, 0.2) is 28.8 Å². The molecule has 0 aliphatic carbocycles. The van der Waals surface area contributed by atoms with Crippen molar-refractivity contribution in [2.75, 3.05) is 37.6 Å². The summed E-state index contributed by atoms with van der Waals surface area (Å²) in [5.74, 6) is 0.642. The molecule has 0 saturated carbocycles. The minimum atomic E-state index is -0.855. The van der Waals surface area contributed by atoms with Crippen molar-refractivity contribution in [3.05, 3.63) is 46.8 Å². The summed E-state index contributed by atoms with van der Waals surface area (Å²) in [5.41, 5.74) is 3.22. The largest absolute Gasteiger partial charge is 0.361 e. The number of carbonyl (C=O) groups excluding carboxylic acids is 2. The topological polar surface area (TPSA) is 81.9 Å². The van der Waals surface area contributed by atoms with Crippen LogP contribution < -0.4 is 10.2 Å². The summed E-state index contributed by atoms with van der Waals surface area (Å²) >= 11 is 0. The second-order valence-electron chi connectivity index (χ2n) is 10.6. The number of aromatic nitrogens is 1. The summed E-state index contributed by atoms with van der Waals surface area (Å²) < 4.78 is 5.38. The van der Waals surface area contributed by atoms with Crippen LogP contribution in [0.5, 0.6) is 0 Å².